The van der Waals surface area contributed by atoms with Crippen LogP contribution in [-0.4, -0.2) is 26.3 Å². The van der Waals surface area contributed by atoms with Crippen molar-refractivity contribution >= 4 is 0 Å². The van der Waals surface area contributed by atoms with E-state index in [-0.39, 0.29) is 0 Å². The van der Waals surface area contributed by atoms with Gasteiger partial charge in [-0.3, -0.25) is 0 Å². The van der Waals surface area contributed by atoms with E-state index >= 15 is 0 Å². The van der Waals surface area contributed by atoms with Gasteiger partial charge in [-0.1, -0.05) is 20.3 Å². The Morgan fingerprint density at radius 2 is 2.00 bits per heavy atom. The van der Waals surface area contributed by atoms with Crippen LogP contribution in [0.2, 0.25) is 0 Å². The predicted molar refractivity (Wildman–Crippen MR) is 53.4 cm³/mol. The summed E-state index contributed by atoms with van der Waals surface area (Å²) in [5.41, 5.74) is 0. The second kappa shape index (κ2) is 7.56. The highest BCUT2D eigenvalue weighted by molar-refractivity contribution is 4.66. The zero-order valence-electron chi connectivity index (χ0n) is 8.89. The van der Waals surface area contributed by atoms with E-state index in [1.54, 1.807) is 7.11 Å². The number of ether oxygens (including phenoxy) is 1. The summed E-state index contributed by atoms with van der Waals surface area (Å²) in [6.07, 6.45) is 2.36. The molecule has 2 heteroatoms. The van der Waals surface area contributed by atoms with Crippen LogP contribution in [0.15, 0.2) is 0 Å². The number of hydrogen-bond acceptors (Lipinski definition) is 2. The van der Waals surface area contributed by atoms with Crippen LogP contribution in [0.1, 0.15) is 33.6 Å². The summed E-state index contributed by atoms with van der Waals surface area (Å²) in [7, 11) is 1.75. The number of nitrogens with one attached hydrogen (secondary N) is 1. The molecule has 12 heavy (non-hydrogen) atoms. The third-order valence-electron chi connectivity index (χ3n) is 2.49. The molecule has 0 fully saturated rings. The summed E-state index contributed by atoms with van der Waals surface area (Å²) >= 11 is 0. The van der Waals surface area contributed by atoms with Crippen molar-refractivity contribution in [3.05, 3.63) is 0 Å². The van der Waals surface area contributed by atoms with Gasteiger partial charge in [0.15, 0.2) is 0 Å². The molecule has 0 rings (SSSR count). The molecule has 0 aliphatic rings. The predicted octanol–water partition coefficient (Wildman–Crippen LogP) is 2.05. The molecular formula is C10H23NO. The molecule has 0 aliphatic heterocycles. The minimum atomic E-state index is 0.631. The molecule has 0 unspecified atom stereocenters. The van der Waals surface area contributed by atoms with Crippen LogP contribution in [-0.2, 0) is 4.74 Å². The van der Waals surface area contributed by atoms with Crippen molar-refractivity contribution in [2.45, 2.75) is 39.7 Å². The molecule has 74 valence electrons. The van der Waals surface area contributed by atoms with Crippen molar-refractivity contribution in [2.75, 3.05) is 20.3 Å². The summed E-state index contributed by atoms with van der Waals surface area (Å²) in [6, 6.07) is 0.631. The highest BCUT2D eigenvalue weighted by atomic mass is 16.5. The van der Waals surface area contributed by atoms with Crippen LogP contribution in [0, 0.1) is 5.92 Å². The van der Waals surface area contributed by atoms with Crippen LogP contribution in [0.5, 0.6) is 0 Å². The maximum absolute atomic E-state index is 4.97. The molecule has 2 nitrogen and oxygen atoms in total. The molecule has 2 atom stereocenters. The van der Waals surface area contributed by atoms with Gasteiger partial charge in [0.1, 0.15) is 0 Å². The molecule has 1 N–H and O–H groups in total. The smallest absolute Gasteiger partial charge is 0.0474 e. The highest BCUT2D eigenvalue weighted by Crippen LogP contribution is 2.05. The summed E-state index contributed by atoms with van der Waals surface area (Å²) in [5, 5.41) is 3.49. The first kappa shape index (κ1) is 11.9. The van der Waals surface area contributed by atoms with E-state index in [9.17, 15) is 0 Å². The molecule has 0 radical (unpaired) electrons. The average Bonchev–Trinajstić information content (AvgIpc) is 2.10. The maximum atomic E-state index is 4.97. The first-order valence-corrected chi connectivity index (χ1v) is 4.94. The highest BCUT2D eigenvalue weighted by Gasteiger charge is 2.07. The molecule has 0 spiro atoms. The molecular weight excluding hydrogens is 150 g/mol. The van der Waals surface area contributed by atoms with Gasteiger partial charge in [0.25, 0.3) is 0 Å². The Bertz CT molecular complexity index is 95.8. The van der Waals surface area contributed by atoms with E-state index in [0.717, 1.165) is 25.5 Å². The van der Waals surface area contributed by atoms with Gasteiger partial charge in [-0.2, -0.15) is 0 Å². The van der Waals surface area contributed by atoms with Gasteiger partial charge in [0.2, 0.25) is 0 Å². The van der Waals surface area contributed by atoms with Gasteiger partial charge in [0, 0.05) is 19.8 Å². The van der Waals surface area contributed by atoms with Crippen LogP contribution >= 0.6 is 0 Å². The van der Waals surface area contributed by atoms with Gasteiger partial charge in [0.05, 0.1) is 0 Å². The first-order chi connectivity index (χ1) is 5.72. The van der Waals surface area contributed by atoms with E-state index in [0.29, 0.717) is 6.04 Å². The SMILES string of the molecule is CC[C@H](C)[C@H](C)NCCCOC. The maximum Gasteiger partial charge on any atom is 0.0474 e. The van der Waals surface area contributed by atoms with Crippen molar-refractivity contribution in [2.24, 2.45) is 5.92 Å². The third kappa shape index (κ3) is 5.56. The second-order valence-corrected chi connectivity index (χ2v) is 3.47. The monoisotopic (exact) mass is 173 g/mol. The molecule has 0 aliphatic carbocycles. The van der Waals surface area contributed by atoms with Crippen molar-refractivity contribution in [1.29, 1.82) is 0 Å². The summed E-state index contributed by atoms with van der Waals surface area (Å²) in [6.45, 7) is 8.70. The van der Waals surface area contributed by atoms with Gasteiger partial charge < -0.3 is 10.1 Å². The zero-order valence-corrected chi connectivity index (χ0v) is 8.89. The van der Waals surface area contributed by atoms with Gasteiger partial charge >= 0.3 is 0 Å². The van der Waals surface area contributed by atoms with Crippen molar-refractivity contribution < 1.29 is 4.74 Å². The second-order valence-electron chi connectivity index (χ2n) is 3.47. The summed E-state index contributed by atoms with van der Waals surface area (Å²) < 4.78 is 4.97. The largest absolute Gasteiger partial charge is 0.385 e. The molecule has 0 aromatic rings. The fourth-order valence-electron chi connectivity index (χ4n) is 1.10. The van der Waals surface area contributed by atoms with E-state index in [1.807, 2.05) is 0 Å². The summed E-state index contributed by atoms with van der Waals surface area (Å²) in [5.74, 6) is 0.771. The van der Waals surface area contributed by atoms with Crippen LogP contribution in [0.4, 0.5) is 0 Å². The lowest BCUT2D eigenvalue weighted by Gasteiger charge is -2.19. The van der Waals surface area contributed by atoms with Crippen molar-refractivity contribution in [1.82, 2.24) is 5.32 Å². The standard InChI is InChI=1S/C10H23NO/c1-5-9(2)10(3)11-7-6-8-12-4/h9-11H,5-8H2,1-4H3/t9-,10-/m0/s1. The quantitative estimate of drug-likeness (QED) is 0.595. The Morgan fingerprint density at radius 1 is 1.33 bits per heavy atom. The van der Waals surface area contributed by atoms with Crippen LogP contribution < -0.4 is 5.32 Å². The van der Waals surface area contributed by atoms with Crippen LogP contribution in [0.25, 0.3) is 0 Å². The fraction of sp³-hybridized carbons (Fsp3) is 1.00. The van der Waals surface area contributed by atoms with E-state index in [4.69, 9.17) is 4.74 Å². The van der Waals surface area contributed by atoms with E-state index in [2.05, 4.69) is 26.1 Å². The Balaban J connectivity index is 3.24. The van der Waals surface area contributed by atoms with Crippen molar-refractivity contribution in [3.8, 4) is 0 Å². The molecule has 0 bridgehead atoms. The normalized spacial score (nSPS) is 16.0. The number of hydrogen-bond donors (Lipinski definition) is 1. The lowest BCUT2D eigenvalue weighted by molar-refractivity contribution is 0.192. The fourth-order valence-corrected chi connectivity index (χ4v) is 1.10. The Hall–Kier alpha value is -0.0800. The van der Waals surface area contributed by atoms with Crippen LogP contribution in [0.3, 0.4) is 0 Å². The number of methoxy groups -OCH3 is 1. The molecule has 0 saturated carbocycles. The lowest BCUT2D eigenvalue weighted by Crippen LogP contribution is -2.32. The third-order valence-corrected chi connectivity index (χ3v) is 2.49. The molecule has 0 aromatic heterocycles. The van der Waals surface area contributed by atoms with E-state index in [1.165, 1.54) is 6.42 Å². The topological polar surface area (TPSA) is 21.3 Å². The Labute approximate surface area is 76.7 Å². The molecule has 0 amide bonds. The molecule has 0 heterocycles. The number of rotatable bonds is 7. The van der Waals surface area contributed by atoms with Gasteiger partial charge in [-0.25, -0.2) is 0 Å². The molecule has 0 aromatic carbocycles. The zero-order chi connectivity index (χ0) is 9.40. The summed E-state index contributed by atoms with van der Waals surface area (Å²) in [4.78, 5) is 0. The molecule has 0 saturated heterocycles. The minimum absolute atomic E-state index is 0.631. The minimum Gasteiger partial charge on any atom is -0.385 e. The average molecular weight is 173 g/mol. The first-order valence-electron chi connectivity index (χ1n) is 4.94. The Kier molecular flexibility index (Phi) is 7.51. The van der Waals surface area contributed by atoms with Gasteiger partial charge in [-0.15, -0.1) is 0 Å². The lowest BCUT2D eigenvalue weighted by atomic mass is 10.0. The van der Waals surface area contributed by atoms with Crippen molar-refractivity contribution in [3.63, 3.8) is 0 Å². The van der Waals surface area contributed by atoms with Gasteiger partial charge in [-0.05, 0) is 25.8 Å². The van der Waals surface area contributed by atoms with E-state index < -0.39 is 0 Å². The Morgan fingerprint density at radius 3 is 2.50 bits per heavy atom.